The van der Waals surface area contributed by atoms with Crippen LogP contribution in [0, 0.1) is 0 Å². The number of rotatable bonds is 5. The number of aryl methyl sites for hydroxylation is 1. The highest BCUT2D eigenvalue weighted by Crippen LogP contribution is 2.18. The number of pyridine rings is 1. The van der Waals surface area contributed by atoms with E-state index in [1.807, 2.05) is 20.0 Å². The average molecular weight is 261 g/mol. The molecule has 0 saturated carbocycles. The molecular weight excluding hydrogens is 234 g/mol. The Bertz CT molecular complexity index is 391. The smallest absolute Gasteiger partial charge is 0.0404 e. The largest absolute Gasteiger partial charge is 0.322 e. The van der Waals surface area contributed by atoms with Gasteiger partial charge in [-0.05, 0) is 71.2 Å². The van der Waals surface area contributed by atoms with Gasteiger partial charge in [0.15, 0.2) is 0 Å². The van der Waals surface area contributed by atoms with Crippen molar-refractivity contribution < 1.29 is 0 Å². The van der Waals surface area contributed by atoms with Crippen molar-refractivity contribution in [2.75, 3.05) is 13.1 Å². The van der Waals surface area contributed by atoms with Crippen molar-refractivity contribution in [3.8, 4) is 0 Å². The van der Waals surface area contributed by atoms with E-state index in [2.05, 4.69) is 28.9 Å². The molecule has 0 radical (unpaired) electrons. The Morgan fingerprint density at radius 3 is 2.74 bits per heavy atom. The molecule has 0 amide bonds. The van der Waals surface area contributed by atoms with Gasteiger partial charge in [-0.2, -0.15) is 0 Å². The van der Waals surface area contributed by atoms with Crippen LogP contribution in [0.15, 0.2) is 18.3 Å². The van der Waals surface area contributed by atoms with E-state index in [1.54, 1.807) is 0 Å². The number of hydrogen-bond acceptors (Lipinski definition) is 3. The van der Waals surface area contributed by atoms with E-state index in [4.69, 9.17) is 5.73 Å². The van der Waals surface area contributed by atoms with E-state index in [1.165, 1.54) is 38.0 Å². The molecule has 1 saturated heterocycles. The first-order valence-corrected chi connectivity index (χ1v) is 7.45. The highest BCUT2D eigenvalue weighted by Gasteiger charge is 2.19. The molecule has 1 aromatic heterocycles. The minimum atomic E-state index is -0.295. The van der Waals surface area contributed by atoms with Crippen molar-refractivity contribution in [2.24, 2.45) is 5.73 Å². The number of aromatic nitrogens is 1. The van der Waals surface area contributed by atoms with Crippen molar-refractivity contribution >= 4 is 0 Å². The van der Waals surface area contributed by atoms with Crippen LogP contribution in [-0.2, 0) is 12.0 Å². The first-order valence-electron chi connectivity index (χ1n) is 7.45. The standard InChI is InChI=1S/C16H27N3/c1-13-6-4-10-19(13)11-5-7-15-9-8-14(12-18-15)16(2,3)17/h8-9,12-13H,4-7,10-11,17H2,1-3H3/t13-/m1/s1. The molecule has 0 spiro atoms. The maximum absolute atomic E-state index is 6.06. The SMILES string of the molecule is C[C@@H]1CCCN1CCCc1ccc(C(C)(C)N)cn1. The first-order chi connectivity index (χ1) is 8.97. The Kier molecular flexibility index (Phi) is 4.58. The summed E-state index contributed by atoms with van der Waals surface area (Å²) in [4.78, 5) is 7.12. The lowest BCUT2D eigenvalue weighted by atomic mass is 9.97. The van der Waals surface area contributed by atoms with Crippen molar-refractivity contribution in [3.05, 3.63) is 29.6 Å². The van der Waals surface area contributed by atoms with Crippen LogP contribution in [0.4, 0.5) is 0 Å². The predicted octanol–water partition coefficient (Wildman–Crippen LogP) is 2.69. The van der Waals surface area contributed by atoms with Gasteiger partial charge in [0.25, 0.3) is 0 Å². The van der Waals surface area contributed by atoms with Gasteiger partial charge in [-0.25, -0.2) is 0 Å². The van der Waals surface area contributed by atoms with E-state index in [-0.39, 0.29) is 5.54 Å². The Morgan fingerprint density at radius 1 is 1.42 bits per heavy atom. The first kappa shape index (κ1) is 14.5. The van der Waals surface area contributed by atoms with Crippen molar-refractivity contribution in [3.63, 3.8) is 0 Å². The molecule has 0 unspecified atom stereocenters. The van der Waals surface area contributed by atoms with Crippen LogP contribution < -0.4 is 5.73 Å². The molecule has 2 N–H and O–H groups in total. The Hall–Kier alpha value is -0.930. The fourth-order valence-electron chi connectivity index (χ4n) is 2.74. The minimum Gasteiger partial charge on any atom is -0.322 e. The van der Waals surface area contributed by atoms with Crippen LogP contribution in [0.3, 0.4) is 0 Å². The van der Waals surface area contributed by atoms with Crippen molar-refractivity contribution in [1.29, 1.82) is 0 Å². The Balaban J connectivity index is 1.80. The maximum Gasteiger partial charge on any atom is 0.0404 e. The molecule has 1 atom stereocenters. The summed E-state index contributed by atoms with van der Waals surface area (Å²) in [6, 6.07) is 5.01. The lowest BCUT2D eigenvalue weighted by Gasteiger charge is -2.21. The molecule has 1 fully saturated rings. The van der Waals surface area contributed by atoms with Gasteiger partial charge in [0.05, 0.1) is 0 Å². The summed E-state index contributed by atoms with van der Waals surface area (Å²) in [5.41, 5.74) is 8.04. The summed E-state index contributed by atoms with van der Waals surface area (Å²) >= 11 is 0. The Morgan fingerprint density at radius 2 is 2.21 bits per heavy atom. The fourth-order valence-corrected chi connectivity index (χ4v) is 2.74. The third-order valence-corrected chi connectivity index (χ3v) is 4.14. The van der Waals surface area contributed by atoms with E-state index in [0.717, 1.165) is 18.0 Å². The molecule has 1 aliphatic heterocycles. The predicted molar refractivity (Wildman–Crippen MR) is 80.0 cm³/mol. The van der Waals surface area contributed by atoms with Gasteiger partial charge in [-0.15, -0.1) is 0 Å². The molecule has 2 rings (SSSR count). The molecule has 3 nitrogen and oxygen atoms in total. The number of nitrogens with two attached hydrogens (primary N) is 1. The highest BCUT2D eigenvalue weighted by atomic mass is 15.2. The van der Waals surface area contributed by atoms with E-state index in [9.17, 15) is 0 Å². The summed E-state index contributed by atoms with van der Waals surface area (Å²) in [5, 5.41) is 0. The van der Waals surface area contributed by atoms with Gasteiger partial charge in [0, 0.05) is 23.5 Å². The summed E-state index contributed by atoms with van der Waals surface area (Å²) in [6.07, 6.45) is 6.91. The van der Waals surface area contributed by atoms with Crippen molar-refractivity contribution in [2.45, 2.75) is 58.0 Å². The molecule has 19 heavy (non-hydrogen) atoms. The van der Waals surface area contributed by atoms with Gasteiger partial charge < -0.3 is 10.6 Å². The molecular formula is C16H27N3. The molecule has 0 aliphatic carbocycles. The molecule has 1 aromatic rings. The normalized spacial score (nSPS) is 20.9. The van der Waals surface area contributed by atoms with Crippen LogP contribution >= 0.6 is 0 Å². The summed E-state index contributed by atoms with van der Waals surface area (Å²) < 4.78 is 0. The quantitative estimate of drug-likeness (QED) is 0.886. The molecule has 0 aromatic carbocycles. The zero-order valence-corrected chi connectivity index (χ0v) is 12.5. The zero-order valence-electron chi connectivity index (χ0n) is 12.5. The summed E-state index contributed by atoms with van der Waals surface area (Å²) in [6.45, 7) is 8.84. The van der Waals surface area contributed by atoms with Gasteiger partial charge >= 0.3 is 0 Å². The van der Waals surface area contributed by atoms with Crippen molar-refractivity contribution in [1.82, 2.24) is 9.88 Å². The van der Waals surface area contributed by atoms with Crippen LogP contribution in [0.1, 0.15) is 51.3 Å². The fraction of sp³-hybridized carbons (Fsp3) is 0.688. The number of nitrogens with zero attached hydrogens (tertiary/aromatic N) is 2. The minimum absolute atomic E-state index is 0.295. The zero-order chi connectivity index (χ0) is 13.9. The number of likely N-dealkylation sites (tertiary alicyclic amines) is 1. The third kappa shape index (κ3) is 4.02. The van der Waals surface area contributed by atoms with Gasteiger partial charge in [0.1, 0.15) is 0 Å². The molecule has 1 aliphatic rings. The van der Waals surface area contributed by atoms with Gasteiger partial charge in [0.2, 0.25) is 0 Å². The van der Waals surface area contributed by atoms with Gasteiger partial charge in [-0.3, -0.25) is 4.98 Å². The molecule has 106 valence electrons. The van der Waals surface area contributed by atoms with Crippen LogP contribution in [0.2, 0.25) is 0 Å². The summed E-state index contributed by atoms with van der Waals surface area (Å²) in [5.74, 6) is 0. The van der Waals surface area contributed by atoms with Crippen LogP contribution in [-0.4, -0.2) is 29.0 Å². The Labute approximate surface area is 117 Å². The van der Waals surface area contributed by atoms with Crippen LogP contribution in [0.5, 0.6) is 0 Å². The lowest BCUT2D eigenvalue weighted by molar-refractivity contribution is 0.265. The second-order valence-corrected chi connectivity index (χ2v) is 6.39. The number of hydrogen-bond donors (Lipinski definition) is 1. The average Bonchev–Trinajstić information content (AvgIpc) is 2.75. The van der Waals surface area contributed by atoms with E-state index < -0.39 is 0 Å². The second kappa shape index (κ2) is 6.02. The molecule has 2 heterocycles. The second-order valence-electron chi connectivity index (χ2n) is 6.39. The lowest BCUT2D eigenvalue weighted by Crippen LogP contribution is -2.29. The van der Waals surface area contributed by atoms with E-state index >= 15 is 0 Å². The monoisotopic (exact) mass is 261 g/mol. The van der Waals surface area contributed by atoms with Gasteiger partial charge in [-0.1, -0.05) is 6.07 Å². The summed E-state index contributed by atoms with van der Waals surface area (Å²) in [7, 11) is 0. The highest BCUT2D eigenvalue weighted by molar-refractivity contribution is 5.20. The topological polar surface area (TPSA) is 42.1 Å². The molecule has 3 heteroatoms. The van der Waals surface area contributed by atoms with E-state index in [0.29, 0.717) is 0 Å². The van der Waals surface area contributed by atoms with Crippen LogP contribution in [0.25, 0.3) is 0 Å². The maximum atomic E-state index is 6.06. The third-order valence-electron chi connectivity index (χ3n) is 4.14. The molecule has 0 bridgehead atoms.